The summed E-state index contributed by atoms with van der Waals surface area (Å²) in [5.41, 5.74) is 2.48. The van der Waals surface area contributed by atoms with Gasteiger partial charge in [-0.25, -0.2) is 9.97 Å². The van der Waals surface area contributed by atoms with E-state index in [1.165, 1.54) is 0 Å². The number of rotatable bonds is 4. The van der Waals surface area contributed by atoms with Crippen LogP contribution in [-0.4, -0.2) is 26.8 Å². The third kappa shape index (κ3) is 3.94. The Morgan fingerprint density at radius 2 is 2.00 bits per heavy atom. The predicted octanol–water partition coefficient (Wildman–Crippen LogP) is 3.28. The minimum absolute atomic E-state index is 0.0521. The molecule has 98 valence electrons. The number of nitrogens with zero attached hydrogens (tertiary/aromatic N) is 2. The van der Waals surface area contributed by atoms with E-state index >= 15 is 0 Å². The second-order valence-corrected chi connectivity index (χ2v) is 5.25. The van der Waals surface area contributed by atoms with Crippen LogP contribution in [0.2, 0.25) is 5.02 Å². The van der Waals surface area contributed by atoms with Gasteiger partial charge in [-0.15, -0.1) is 0 Å². The fraction of sp³-hybridized carbons (Fsp3) is 0.154. The van der Waals surface area contributed by atoms with E-state index in [0.29, 0.717) is 10.2 Å². The summed E-state index contributed by atoms with van der Waals surface area (Å²) in [6.07, 6.45) is 0. The van der Waals surface area contributed by atoms with Crippen LogP contribution < -0.4 is 0 Å². The van der Waals surface area contributed by atoms with E-state index in [9.17, 15) is 4.79 Å². The normalized spacial score (nSPS) is 10.4. The lowest BCUT2D eigenvalue weighted by molar-refractivity contribution is -0.133. The quantitative estimate of drug-likeness (QED) is 0.692. The molecule has 0 radical (unpaired) electrons. The van der Waals surface area contributed by atoms with Crippen LogP contribution in [0, 0.1) is 6.92 Å². The van der Waals surface area contributed by atoms with Gasteiger partial charge >= 0.3 is 5.97 Å². The molecule has 1 N–H and O–H groups in total. The maximum absolute atomic E-state index is 10.6. The SMILES string of the molecule is Cc1cc(-c2ccc(Cl)cc2)nc(SCC(=O)O)n1. The number of aryl methyl sites for hydroxylation is 1. The topological polar surface area (TPSA) is 63.1 Å². The van der Waals surface area contributed by atoms with Crippen LogP contribution in [0.15, 0.2) is 35.5 Å². The zero-order valence-electron chi connectivity index (χ0n) is 10.1. The summed E-state index contributed by atoms with van der Waals surface area (Å²) >= 11 is 6.95. The Morgan fingerprint density at radius 1 is 1.32 bits per heavy atom. The minimum Gasteiger partial charge on any atom is -0.481 e. The summed E-state index contributed by atoms with van der Waals surface area (Å²) in [7, 11) is 0. The maximum atomic E-state index is 10.6. The van der Waals surface area contributed by atoms with Crippen LogP contribution in [0.3, 0.4) is 0 Å². The summed E-state index contributed by atoms with van der Waals surface area (Å²) < 4.78 is 0. The highest BCUT2D eigenvalue weighted by Crippen LogP contribution is 2.23. The lowest BCUT2D eigenvalue weighted by Crippen LogP contribution is -2.00. The van der Waals surface area contributed by atoms with Crippen molar-refractivity contribution in [2.45, 2.75) is 12.1 Å². The average Bonchev–Trinajstić information content (AvgIpc) is 2.36. The highest BCUT2D eigenvalue weighted by atomic mass is 35.5. The summed E-state index contributed by atoms with van der Waals surface area (Å²) in [5, 5.41) is 9.80. The van der Waals surface area contributed by atoms with Crippen molar-refractivity contribution >= 4 is 29.3 Å². The second kappa shape index (κ2) is 6.04. The molecule has 1 heterocycles. The first-order valence-electron chi connectivity index (χ1n) is 5.51. The second-order valence-electron chi connectivity index (χ2n) is 3.87. The lowest BCUT2D eigenvalue weighted by atomic mass is 10.1. The van der Waals surface area contributed by atoms with Gasteiger partial charge in [0.15, 0.2) is 5.16 Å². The number of benzene rings is 1. The first-order valence-corrected chi connectivity index (χ1v) is 6.87. The van der Waals surface area contributed by atoms with Gasteiger partial charge in [0.05, 0.1) is 11.4 Å². The van der Waals surface area contributed by atoms with Gasteiger partial charge in [0.25, 0.3) is 0 Å². The number of halogens is 1. The van der Waals surface area contributed by atoms with E-state index < -0.39 is 5.97 Å². The van der Waals surface area contributed by atoms with Crippen LogP contribution >= 0.6 is 23.4 Å². The van der Waals surface area contributed by atoms with Gasteiger partial charge in [0, 0.05) is 16.3 Å². The van der Waals surface area contributed by atoms with E-state index in [2.05, 4.69) is 9.97 Å². The summed E-state index contributed by atoms with van der Waals surface area (Å²) in [6.45, 7) is 1.85. The molecule has 2 rings (SSSR count). The molecule has 6 heteroatoms. The van der Waals surface area contributed by atoms with Gasteiger partial charge in [-0.05, 0) is 25.1 Å². The summed E-state index contributed by atoms with van der Waals surface area (Å²) in [6, 6.07) is 9.18. The first kappa shape index (κ1) is 13.8. The molecule has 0 saturated heterocycles. The third-order valence-corrected chi connectivity index (χ3v) is 3.38. The number of carboxylic acids is 1. The molecule has 0 amide bonds. The Bertz CT molecular complexity index is 602. The number of hydrogen-bond donors (Lipinski definition) is 1. The molecule has 0 aliphatic heterocycles. The molecule has 0 atom stereocenters. The van der Waals surface area contributed by atoms with E-state index in [0.717, 1.165) is 28.7 Å². The largest absolute Gasteiger partial charge is 0.481 e. The van der Waals surface area contributed by atoms with Gasteiger partial charge in [-0.3, -0.25) is 4.79 Å². The summed E-state index contributed by atoms with van der Waals surface area (Å²) in [5.74, 6) is -0.938. The van der Waals surface area contributed by atoms with Gasteiger partial charge in [-0.2, -0.15) is 0 Å². The van der Waals surface area contributed by atoms with E-state index in [-0.39, 0.29) is 5.75 Å². The number of aliphatic carboxylic acids is 1. The van der Waals surface area contributed by atoms with Crippen molar-refractivity contribution in [1.82, 2.24) is 9.97 Å². The third-order valence-electron chi connectivity index (χ3n) is 2.30. The van der Waals surface area contributed by atoms with Crippen molar-refractivity contribution in [2.24, 2.45) is 0 Å². The van der Waals surface area contributed by atoms with Gasteiger partial charge < -0.3 is 5.11 Å². The first-order chi connectivity index (χ1) is 9.04. The number of hydrogen-bond acceptors (Lipinski definition) is 4. The van der Waals surface area contributed by atoms with Crippen molar-refractivity contribution in [1.29, 1.82) is 0 Å². The van der Waals surface area contributed by atoms with E-state index in [4.69, 9.17) is 16.7 Å². The Morgan fingerprint density at radius 3 is 2.63 bits per heavy atom. The summed E-state index contributed by atoms with van der Waals surface area (Å²) in [4.78, 5) is 19.1. The lowest BCUT2D eigenvalue weighted by Gasteiger charge is -2.05. The Kier molecular flexibility index (Phi) is 4.39. The molecule has 1 aromatic heterocycles. The number of carboxylic acid groups (broad SMARTS) is 1. The Balaban J connectivity index is 2.30. The van der Waals surface area contributed by atoms with E-state index in [1.54, 1.807) is 12.1 Å². The number of carbonyl (C=O) groups is 1. The molecule has 0 saturated carbocycles. The molecular weight excluding hydrogens is 284 g/mol. The Hall–Kier alpha value is -1.59. The molecular formula is C13H11ClN2O2S. The molecule has 4 nitrogen and oxygen atoms in total. The fourth-order valence-corrected chi connectivity index (χ4v) is 2.25. The number of thioether (sulfide) groups is 1. The monoisotopic (exact) mass is 294 g/mol. The molecule has 0 bridgehead atoms. The van der Waals surface area contributed by atoms with Crippen LogP contribution in [0.25, 0.3) is 11.3 Å². The van der Waals surface area contributed by atoms with Crippen molar-refractivity contribution in [3.63, 3.8) is 0 Å². The maximum Gasteiger partial charge on any atom is 0.313 e. The Labute approximate surface area is 119 Å². The van der Waals surface area contributed by atoms with Crippen LogP contribution in [0.4, 0.5) is 0 Å². The zero-order valence-corrected chi connectivity index (χ0v) is 11.7. The van der Waals surface area contributed by atoms with Crippen molar-refractivity contribution in [3.8, 4) is 11.3 Å². The molecule has 0 spiro atoms. The predicted molar refractivity (Wildman–Crippen MR) is 75.6 cm³/mol. The van der Waals surface area contributed by atoms with Crippen LogP contribution in [-0.2, 0) is 4.79 Å². The molecule has 0 unspecified atom stereocenters. The smallest absolute Gasteiger partial charge is 0.313 e. The van der Waals surface area contributed by atoms with Crippen molar-refractivity contribution in [2.75, 3.05) is 5.75 Å². The fourth-order valence-electron chi connectivity index (χ4n) is 1.50. The van der Waals surface area contributed by atoms with Crippen molar-refractivity contribution < 1.29 is 9.90 Å². The van der Waals surface area contributed by atoms with E-state index in [1.807, 2.05) is 25.1 Å². The van der Waals surface area contributed by atoms with Gasteiger partial charge in [0.2, 0.25) is 0 Å². The zero-order chi connectivity index (χ0) is 13.8. The molecule has 19 heavy (non-hydrogen) atoms. The highest BCUT2D eigenvalue weighted by molar-refractivity contribution is 7.99. The number of aromatic nitrogens is 2. The average molecular weight is 295 g/mol. The molecule has 0 fully saturated rings. The van der Waals surface area contributed by atoms with Crippen molar-refractivity contribution in [3.05, 3.63) is 41.0 Å². The molecule has 1 aromatic carbocycles. The minimum atomic E-state index is -0.886. The molecule has 0 aliphatic carbocycles. The van der Waals surface area contributed by atoms with Crippen LogP contribution in [0.5, 0.6) is 0 Å². The van der Waals surface area contributed by atoms with Crippen LogP contribution in [0.1, 0.15) is 5.69 Å². The van der Waals surface area contributed by atoms with Gasteiger partial charge in [0.1, 0.15) is 0 Å². The molecule has 2 aromatic rings. The molecule has 0 aliphatic rings. The highest BCUT2D eigenvalue weighted by Gasteiger charge is 2.07. The van der Waals surface area contributed by atoms with Gasteiger partial charge in [-0.1, -0.05) is 35.5 Å². The standard InChI is InChI=1S/C13H11ClN2O2S/c1-8-6-11(9-2-4-10(14)5-3-9)16-13(15-8)19-7-12(17)18/h2-6H,7H2,1H3,(H,17,18).